The summed E-state index contributed by atoms with van der Waals surface area (Å²) >= 11 is 0. The Morgan fingerprint density at radius 2 is 1.83 bits per heavy atom. The first-order valence-corrected chi connectivity index (χ1v) is 8.94. The van der Waals surface area contributed by atoms with E-state index in [1.165, 1.54) is 0 Å². The van der Waals surface area contributed by atoms with Gasteiger partial charge in [-0.15, -0.1) is 0 Å². The summed E-state index contributed by atoms with van der Waals surface area (Å²) in [6.45, 7) is 0.743. The highest BCUT2D eigenvalue weighted by Crippen LogP contribution is 2.17. The molecule has 3 aromatic rings. The van der Waals surface area contributed by atoms with Crippen molar-refractivity contribution in [1.82, 2.24) is 9.29 Å². The maximum Gasteiger partial charge on any atom is 0.243 e. The Balaban J connectivity index is 1.62. The molecular weight excluding hydrogens is 334 g/mol. The standard InChI is InChI=1S/C17H16F2N2O2S/c18-14-6-7-15(19)17(12-14)24(22,23)20-9-3-10-21-11-8-13-4-1-2-5-16(13)21/h1-2,4-8,11-12,20H,3,9-10H2. The van der Waals surface area contributed by atoms with Crippen LogP contribution in [0.25, 0.3) is 10.9 Å². The molecule has 1 heterocycles. The summed E-state index contributed by atoms with van der Waals surface area (Å²) in [5, 5.41) is 1.11. The molecule has 0 aliphatic rings. The average Bonchev–Trinajstić information content (AvgIpc) is 2.97. The number of hydrogen-bond acceptors (Lipinski definition) is 2. The van der Waals surface area contributed by atoms with Crippen LogP contribution in [0.15, 0.2) is 59.6 Å². The number of aromatic nitrogens is 1. The molecule has 2 aromatic carbocycles. The lowest BCUT2D eigenvalue weighted by Crippen LogP contribution is -2.26. The van der Waals surface area contributed by atoms with Crippen LogP contribution in [0.4, 0.5) is 8.78 Å². The zero-order valence-electron chi connectivity index (χ0n) is 12.7. The highest BCUT2D eigenvalue weighted by Gasteiger charge is 2.19. The van der Waals surface area contributed by atoms with Crippen LogP contribution in [-0.4, -0.2) is 19.5 Å². The van der Waals surface area contributed by atoms with E-state index in [2.05, 4.69) is 4.72 Å². The Morgan fingerprint density at radius 3 is 2.67 bits per heavy atom. The number of hydrogen-bond donors (Lipinski definition) is 1. The van der Waals surface area contributed by atoms with E-state index >= 15 is 0 Å². The molecule has 0 fully saturated rings. The van der Waals surface area contributed by atoms with E-state index in [4.69, 9.17) is 0 Å². The monoisotopic (exact) mass is 350 g/mol. The highest BCUT2D eigenvalue weighted by atomic mass is 32.2. The van der Waals surface area contributed by atoms with Crippen molar-refractivity contribution < 1.29 is 17.2 Å². The fourth-order valence-corrected chi connectivity index (χ4v) is 3.71. The maximum atomic E-state index is 13.6. The summed E-state index contributed by atoms with van der Waals surface area (Å²) in [6, 6.07) is 12.2. The zero-order valence-corrected chi connectivity index (χ0v) is 13.6. The molecule has 0 spiro atoms. The number of aryl methyl sites for hydroxylation is 1. The van der Waals surface area contributed by atoms with Gasteiger partial charge in [0.05, 0.1) is 0 Å². The second kappa shape index (κ2) is 6.70. The fourth-order valence-electron chi connectivity index (χ4n) is 2.55. The molecule has 1 aromatic heterocycles. The summed E-state index contributed by atoms with van der Waals surface area (Å²) in [5.41, 5.74) is 1.07. The lowest BCUT2D eigenvalue weighted by atomic mass is 10.2. The van der Waals surface area contributed by atoms with E-state index in [1.807, 2.05) is 41.1 Å². The molecule has 24 heavy (non-hydrogen) atoms. The predicted molar refractivity (Wildman–Crippen MR) is 88.1 cm³/mol. The minimum absolute atomic E-state index is 0.130. The van der Waals surface area contributed by atoms with Gasteiger partial charge in [-0.05, 0) is 42.1 Å². The second-order valence-electron chi connectivity index (χ2n) is 5.39. The molecule has 0 aliphatic carbocycles. The third kappa shape index (κ3) is 3.47. The molecule has 1 N–H and O–H groups in total. The van der Waals surface area contributed by atoms with Crippen molar-refractivity contribution in [2.45, 2.75) is 17.9 Å². The molecule has 4 nitrogen and oxygen atoms in total. The van der Waals surface area contributed by atoms with Crippen molar-refractivity contribution in [3.8, 4) is 0 Å². The molecule has 0 atom stereocenters. The number of halogens is 2. The number of fused-ring (bicyclic) bond motifs is 1. The van der Waals surface area contributed by atoms with Crippen molar-refractivity contribution in [2.24, 2.45) is 0 Å². The molecule has 0 radical (unpaired) electrons. The van der Waals surface area contributed by atoms with Crippen LogP contribution in [0.1, 0.15) is 6.42 Å². The molecule has 0 saturated heterocycles. The molecule has 0 aliphatic heterocycles. The highest BCUT2D eigenvalue weighted by molar-refractivity contribution is 7.89. The topological polar surface area (TPSA) is 51.1 Å². The summed E-state index contributed by atoms with van der Waals surface area (Å²) in [7, 11) is -4.07. The fraction of sp³-hybridized carbons (Fsp3) is 0.176. The largest absolute Gasteiger partial charge is 0.347 e. The first kappa shape index (κ1) is 16.6. The van der Waals surface area contributed by atoms with Gasteiger partial charge in [0, 0.05) is 24.8 Å². The van der Waals surface area contributed by atoms with Crippen molar-refractivity contribution in [1.29, 1.82) is 0 Å². The van der Waals surface area contributed by atoms with Crippen LogP contribution in [0, 0.1) is 11.6 Å². The van der Waals surface area contributed by atoms with Gasteiger partial charge in [0.25, 0.3) is 0 Å². The summed E-state index contributed by atoms with van der Waals surface area (Å²) in [5.74, 6) is -1.77. The summed E-state index contributed by atoms with van der Waals surface area (Å²) in [6.07, 6.45) is 2.46. The molecule has 0 bridgehead atoms. The van der Waals surface area contributed by atoms with Gasteiger partial charge in [0.1, 0.15) is 16.5 Å². The van der Waals surface area contributed by atoms with E-state index in [1.54, 1.807) is 0 Å². The van der Waals surface area contributed by atoms with Gasteiger partial charge in [0.15, 0.2) is 0 Å². The van der Waals surface area contributed by atoms with Gasteiger partial charge in [-0.1, -0.05) is 18.2 Å². The number of rotatable bonds is 6. The van der Waals surface area contributed by atoms with E-state index in [-0.39, 0.29) is 6.54 Å². The Kier molecular flexibility index (Phi) is 4.64. The molecule has 3 rings (SSSR count). The number of nitrogens with one attached hydrogen (secondary N) is 1. The normalized spacial score (nSPS) is 11.9. The quantitative estimate of drug-likeness (QED) is 0.694. The van der Waals surface area contributed by atoms with Crippen molar-refractivity contribution in [3.05, 3.63) is 66.4 Å². The minimum Gasteiger partial charge on any atom is -0.347 e. The van der Waals surface area contributed by atoms with Crippen LogP contribution >= 0.6 is 0 Å². The maximum absolute atomic E-state index is 13.6. The van der Waals surface area contributed by atoms with E-state index in [0.717, 1.165) is 23.0 Å². The van der Waals surface area contributed by atoms with Gasteiger partial charge < -0.3 is 4.57 Å². The van der Waals surface area contributed by atoms with Crippen LogP contribution in [-0.2, 0) is 16.6 Å². The summed E-state index contributed by atoms with van der Waals surface area (Å²) in [4.78, 5) is -0.672. The van der Waals surface area contributed by atoms with Crippen LogP contribution in [0.2, 0.25) is 0 Å². The van der Waals surface area contributed by atoms with Crippen LogP contribution < -0.4 is 4.72 Å². The molecule has 126 valence electrons. The van der Waals surface area contributed by atoms with Crippen molar-refractivity contribution in [3.63, 3.8) is 0 Å². The number of benzene rings is 2. The van der Waals surface area contributed by atoms with Gasteiger partial charge in [-0.2, -0.15) is 0 Å². The van der Waals surface area contributed by atoms with E-state index in [0.29, 0.717) is 19.0 Å². The molecule has 0 amide bonds. The van der Waals surface area contributed by atoms with Crippen LogP contribution in [0.5, 0.6) is 0 Å². The number of para-hydroxylation sites is 1. The predicted octanol–water partition coefficient (Wildman–Crippen LogP) is 3.29. The lowest BCUT2D eigenvalue weighted by molar-refractivity contribution is 0.542. The zero-order chi connectivity index (χ0) is 17.2. The molecule has 7 heteroatoms. The number of nitrogens with zero attached hydrogens (tertiary/aromatic N) is 1. The van der Waals surface area contributed by atoms with Crippen molar-refractivity contribution in [2.75, 3.05) is 6.54 Å². The molecule has 0 unspecified atom stereocenters. The first-order valence-electron chi connectivity index (χ1n) is 7.46. The Labute approximate surface area is 138 Å². The van der Waals surface area contributed by atoms with Gasteiger partial charge in [-0.3, -0.25) is 0 Å². The molecule has 0 saturated carbocycles. The van der Waals surface area contributed by atoms with Gasteiger partial charge in [-0.25, -0.2) is 21.9 Å². The Bertz CT molecular complexity index is 968. The first-order chi connectivity index (χ1) is 11.5. The van der Waals surface area contributed by atoms with Gasteiger partial charge in [0.2, 0.25) is 10.0 Å². The lowest BCUT2D eigenvalue weighted by Gasteiger charge is -2.09. The van der Waals surface area contributed by atoms with E-state index < -0.39 is 26.6 Å². The SMILES string of the molecule is O=S(=O)(NCCCn1ccc2ccccc21)c1cc(F)ccc1F. The Morgan fingerprint density at radius 1 is 1.04 bits per heavy atom. The van der Waals surface area contributed by atoms with Crippen LogP contribution in [0.3, 0.4) is 0 Å². The van der Waals surface area contributed by atoms with Gasteiger partial charge >= 0.3 is 0 Å². The third-order valence-electron chi connectivity index (χ3n) is 3.73. The number of sulfonamides is 1. The van der Waals surface area contributed by atoms with E-state index in [9.17, 15) is 17.2 Å². The minimum atomic E-state index is -4.07. The third-order valence-corrected chi connectivity index (χ3v) is 5.21. The summed E-state index contributed by atoms with van der Waals surface area (Å²) < 4.78 is 55.2. The smallest absolute Gasteiger partial charge is 0.243 e. The Hall–Kier alpha value is -2.25. The second-order valence-corrected chi connectivity index (χ2v) is 7.13. The molecular formula is C17H16F2N2O2S. The van der Waals surface area contributed by atoms with Crippen molar-refractivity contribution >= 4 is 20.9 Å². The average molecular weight is 350 g/mol.